The molecule has 2 atom stereocenters. The van der Waals surface area contributed by atoms with Crippen LogP contribution in [0.3, 0.4) is 0 Å². The first-order chi connectivity index (χ1) is 10.7. The fourth-order valence-corrected chi connectivity index (χ4v) is 2.81. The Morgan fingerprint density at radius 3 is 2.87 bits per heavy atom. The summed E-state index contributed by atoms with van der Waals surface area (Å²) in [5.41, 5.74) is -0.0515. The first-order valence-electron chi connectivity index (χ1n) is 8.46. The van der Waals surface area contributed by atoms with Crippen LogP contribution < -0.4 is 10.6 Å². The molecule has 0 aliphatic carbocycles. The van der Waals surface area contributed by atoms with Crippen LogP contribution in [0.2, 0.25) is 0 Å². The first-order valence-corrected chi connectivity index (χ1v) is 8.46. The lowest BCUT2D eigenvalue weighted by molar-refractivity contribution is 0.0242. The number of halogens is 1. The average molecular weight is 441 g/mol. The van der Waals surface area contributed by atoms with Gasteiger partial charge in [-0.25, -0.2) is 0 Å². The summed E-state index contributed by atoms with van der Waals surface area (Å²) >= 11 is 0. The number of hydrogen-bond acceptors (Lipinski definition) is 4. The molecule has 2 aliphatic rings. The topological polar surface area (TPSA) is 64.1 Å². The number of guanidine groups is 1. The minimum Gasteiger partial charge on any atom is -0.381 e. The summed E-state index contributed by atoms with van der Waals surface area (Å²) in [6.45, 7) is 8.03. The third-order valence-electron chi connectivity index (χ3n) is 4.29. The van der Waals surface area contributed by atoms with E-state index in [1.807, 2.05) is 0 Å². The van der Waals surface area contributed by atoms with Gasteiger partial charge in [0.25, 0.3) is 0 Å². The molecule has 2 heterocycles. The van der Waals surface area contributed by atoms with Gasteiger partial charge >= 0.3 is 0 Å². The van der Waals surface area contributed by atoms with E-state index < -0.39 is 0 Å². The molecule has 0 bridgehead atoms. The highest BCUT2D eigenvalue weighted by atomic mass is 127. The molecule has 2 saturated heterocycles. The molecule has 6 nitrogen and oxygen atoms in total. The van der Waals surface area contributed by atoms with Crippen molar-refractivity contribution in [2.45, 2.75) is 38.2 Å². The van der Waals surface area contributed by atoms with E-state index >= 15 is 0 Å². The number of hydrogen-bond donors (Lipinski definition) is 2. The van der Waals surface area contributed by atoms with Crippen LogP contribution >= 0.6 is 24.0 Å². The molecule has 0 radical (unpaired) electrons. The van der Waals surface area contributed by atoms with Gasteiger partial charge in [-0.05, 0) is 32.6 Å². The molecule has 2 rings (SSSR count). The largest absolute Gasteiger partial charge is 0.381 e. The zero-order valence-electron chi connectivity index (χ0n) is 14.4. The van der Waals surface area contributed by atoms with Gasteiger partial charge in [-0.2, -0.15) is 0 Å². The van der Waals surface area contributed by atoms with Gasteiger partial charge in [0.15, 0.2) is 5.96 Å². The van der Waals surface area contributed by atoms with E-state index in [9.17, 15) is 0 Å². The van der Waals surface area contributed by atoms with Gasteiger partial charge in [0.1, 0.15) is 0 Å². The molecule has 0 amide bonds. The van der Waals surface area contributed by atoms with Crippen LogP contribution in [0.15, 0.2) is 4.99 Å². The number of aliphatic imine (C=N–C) groups is 1. The predicted molar refractivity (Wildman–Crippen MR) is 103 cm³/mol. The Labute approximate surface area is 157 Å². The Kier molecular flexibility index (Phi) is 10.4. The van der Waals surface area contributed by atoms with E-state index in [2.05, 4.69) is 22.5 Å². The van der Waals surface area contributed by atoms with Crippen LogP contribution in [-0.2, 0) is 14.2 Å². The maximum absolute atomic E-state index is 5.77. The first kappa shape index (κ1) is 20.9. The predicted octanol–water partition coefficient (Wildman–Crippen LogP) is 1.78. The molecule has 2 fully saturated rings. The molecule has 23 heavy (non-hydrogen) atoms. The summed E-state index contributed by atoms with van der Waals surface area (Å²) in [5, 5.41) is 6.66. The Morgan fingerprint density at radius 2 is 2.22 bits per heavy atom. The molecular weight excluding hydrogens is 409 g/mol. The highest BCUT2D eigenvalue weighted by Crippen LogP contribution is 2.23. The Morgan fingerprint density at radius 1 is 1.35 bits per heavy atom. The molecule has 0 aromatic rings. The van der Waals surface area contributed by atoms with Crippen molar-refractivity contribution in [3.63, 3.8) is 0 Å². The molecule has 0 aromatic heterocycles. The van der Waals surface area contributed by atoms with E-state index in [1.165, 1.54) is 0 Å². The van der Waals surface area contributed by atoms with Gasteiger partial charge in [-0.1, -0.05) is 0 Å². The summed E-state index contributed by atoms with van der Waals surface area (Å²) in [6.07, 6.45) is 4.36. The molecule has 136 valence electrons. The Balaban J connectivity index is 0.00000264. The summed E-state index contributed by atoms with van der Waals surface area (Å²) in [6, 6.07) is 0. The molecule has 2 aliphatic heterocycles. The molecule has 2 unspecified atom stereocenters. The van der Waals surface area contributed by atoms with E-state index in [0.29, 0.717) is 5.92 Å². The maximum Gasteiger partial charge on any atom is 0.191 e. The molecule has 0 saturated carbocycles. The van der Waals surface area contributed by atoms with Crippen molar-refractivity contribution in [3.8, 4) is 0 Å². The third-order valence-corrected chi connectivity index (χ3v) is 4.29. The second-order valence-electron chi connectivity index (χ2n) is 6.41. The van der Waals surface area contributed by atoms with Crippen molar-refractivity contribution in [2.75, 3.05) is 53.2 Å². The van der Waals surface area contributed by atoms with Crippen LogP contribution in [0.4, 0.5) is 0 Å². The van der Waals surface area contributed by atoms with Gasteiger partial charge < -0.3 is 24.8 Å². The van der Waals surface area contributed by atoms with Crippen molar-refractivity contribution in [1.29, 1.82) is 0 Å². The maximum atomic E-state index is 5.77. The third kappa shape index (κ3) is 8.00. The van der Waals surface area contributed by atoms with E-state index in [1.54, 1.807) is 7.05 Å². The lowest BCUT2D eigenvalue weighted by atomic mass is 10.0. The van der Waals surface area contributed by atoms with Crippen LogP contribution in [0, 0.1) is 5.92 Å². The molecule has 0 spiro atoms. The summed E-state index contributed by atoms with van der Waals surface area (Å²) in [4.78, 5) is 4.24. The quantitative estimate of drug-likeness (QED) is 0.260. The minimum atomic E-state index is -0.0515. The van der Waals surface area contributed by atoms with Crippen molar-refractivity contribution in [3.05, 3.63) is 0 Å². The second-order valence-corrected chi connectivity index (χ2v) is 6.41. The summed E-state index contributed by atoms with van der Waals surface area (Å²) in [5.74, 6) is 1.43. The highest BCUT2D eigenvalue weighted by molar-refractivity contribution is 14.0. The Bertz CT molecular complexity index is 343. The summed E-state index contributed by atoms with van der Waals surface area (Å²) < 4.78 is 16.8. The Hall–Kier alpha value is -0.120. The minimum absolute atomic E-state index is 0. The van der Waals surface area contributed by atoms with Gasteiger partial charge in [-0.3, -0.25) is 4.99 Å². The van der Waals surface area contributed by atoms with Crippen LogP contribution in [0.1, 0.15) is 32.6 Å². The lowest BCUT2D eigenvalue weighted by Gasteiger charge is -2.24. The fourth-order valence-electron chi connectivity index (χ4n) is 2.81. The van der Waals surface area contributed by atoms with Crippen molar-refractivity contribution < 1.29 is 14.2 Å². The van der Waals surface area contributed by atoms with E-state index in [0.717, 1.165) is 77.8 Å². The molecule has 7 heteroatoms. The second kappa shape index (κ2) is 11.4. The monoisotopic (exact) mass is 441 g/mol. The zero-order valence-corrected chi connectivity index (χ0v) is 16.8. The molecule has 2 N–H and O–H groups in total. The number of nitrogens with zero attached hydrogens (tertiary/aromatic N) is 1. The standard InChI is InChI=1S/C16H31N3O3.HI/c1-16(6-3-9-22-16)13-19-15(17-2)18-7-4-8-20-11-14-5-10-21-12-14;/h14H,3-13H2,1-2H3,(H2,17,18,19);1H. The van der Waals surface area contributed by atoms with Gasteiger partial charge in [0.2, 0.25) is 0 Å². The molecule has 0 aromatic carbocycles. The molecular formula is C16H32IN3O3. The van der Waals surface area contributed by atoms with Gasteiger partial charge in [0.05, 0.1) is 18.8 Å². The summed E-state index contributed by atoms with van der Waals surface area (Å²) in [7, 11) is 1.80. The smallest absolute Gasteiger partial charge is 0.191 e. The van der Waals surface area contributed by atoms with Crippen LogP contribution in [0.25, 0.3) is 0 Å². The van der Waals surface area contributed by atoms with E-state index in [4.69, 9.17) is 14.2 Å². The average Bonchev–Trinajstić information content (AvgIpc) is 3.18. The van der Waals surface area contributed by atoms with Crippen molar-refractivity contribution >= 4 is 29.9 Å². The SMILES string of the molecule is CN=C(NCCCOCC1CCOC1)NCC1(C)CCCO1.I. The van der Waals surface area contributed by atoms with Crippen LogP contribution in [0.5, 0.6) is 0 Å². The zero-order chi connectivity index (χ0) is 15.7. The van der Waals surface area contributed by atoms with Gasteiger partial charge in [0, 0.05) is 45.9 Å². The number of rotatable bonds is 8. The van der Waals surface area contributed by atoms with Crippen molar-refractivity contribution in [2.24, 2.45) is 10.9 Å². The van der Waals surface area contributed by atoms with Gasteiger partial charge in [-0.15, -0.1) is 24.0 Å². The number of nitrogens with one attached hydrogen (secondary N) is 2. The van der Waals surface area contributed by atoms with Crippen molar-refractivity contribution in [1.82, 2.24) is 10.6 Å². The fraction of sp³-hybridized carbons (Fsp3) is 0.938. The lowest BCUT2D eigenvalue weighted by Crippen LogP contribution is -2.45. The van der Waals surface area contributed by atoms with Crippen LogP contribution in [-0.4, -0.2) is 64.7 Å². The highest BCUT2D eigenvalue weighted by Gasteiger charge is 2.29. The normalized spacial score (nSPS) is 27.7. The van der Waals surface area contributed by atoms with E-state index in [-0.39, 0.29) is 29.6 Å². The number of ether oxygens (including phenoxy) is 3.